The number of unbranched alkanes of at least 4 members (excludes halogenated alkanes) is 1. The summed E-state index contributed by atoms with van der Waals surface area (Å²) in [6.45, 7) is 5.69. The van der Waals surface area contributed by atoms with Crippen molar-refractivity contribution < 1.29 is 33.4 Å². The summed E-state index contributed by atoms with van der Waals surface area (Å²) >= 11 is 0. The summed E-state index contributed by atoms with van der Waals surface area (Å²) in [6.07, 6.45) is 0.278. The van der Waals surface area contributed by atoms with Crippen molar-refractivity contribution in [2.75, 3.05) is 13.7 Å². The molecule has 39 heavy (non-hydrogen) atoms. The third-order valence-corrected chi connectivity index (χ3v) is 5.49. The molecule has 0 saturated carbocycles. The average Bonchev–Trinajstić information content (AvgIpc) is 2.90. The summed E-state index contributed by atoms with van der Waals surface area (Å²) in [7, 11) is 1.24. The van der Waals surface area contributed by atoms with Gasteiger partial charge in [0.1, 0.15) is 24.3 Å². The molecule has 2 aromatic rings. The van der Waals surface area contributed by atoms with Gasteiger partial charge in [-0.2, -0.15) is 0 Å². The highest BCUT2D eigenvalue weighted by molar-refractivity contribution is 5.89. The van der Waals surface area contributed by atoms with Crippen molar-refractivity contribution in [3.05, 3.63) is 71.8 Å². The van der Waals surface area contributed by atoms with E-state index in [0.717, 1.165) is 11.1 Å². The first-order valence-electron chi connectivity index (χ1n) is 12.9. The molecule has 2 aromatic carbocycles. The predicted molar refractivity (Wildman–Crippen MR) is 146 cm³/mol. The van der Waals surface area contributed by atoms with Gasteiger partial charge in [0, 0.05) is 13.0 Å². The van der Waals surface area contributed by atoms with Gasteiger partial charge in [-0.1, -0.05) is 60.7 Å². The topological polar surface area (TPSA) is 132 Å². The van der Waals surface area contributed by atoms with E-state index in [-0.39, 0.29) is 19.4 Å². The molecule has 0 radical (unpaired) electrons. The van der Waals surface area contributed by atoms with Gasteiger partial charge >= 0.3 is 18.2 Å². The maximum absolute atomic E-state index is 13.2. The van der Waals surface area contributed by atoms with Gasteiger partial charge in [0.05, 0.1) is 7.11 Å². The van der Waals surface area contributed by atoms with Crippen LogP contribution in [0.1, 0.15) is 51.2 Å². The second kappa shape index (κ2) is 16.0. The summed E-state index contributed by atoms with van der Waals surface area (Å²) in [5, 5.41) is 7.98. The quantitative estimate of drug-likeness (QED) is 0.199. The lowest BCUT2D eigenvalue weighted by Crippen LogP contribution is -2.53. The van der Waals surface area contributed by atoms with Gasteiger partial charge in [-0.15, -0.1) is 0 Å². The van der Waals surface area contributed by atoms with Crippen LogP contribution >= 0.6 is 0 Å². The highest BCUT2D eigenvalue weighted by Crippen LogP contribution is 2.10. The molecular formula is C29H39N3O7. The Morgan fingerprint density at radius 3 is 2.00 bits per heavy atom. The lowest BCUT2D eigenvalue weighted by atomic mass is 10.0. The van der Waals surface area contributed by atoms with Crippen LogP contribution in [0.5, 0.6) is 0 Å². The van der Waals surface area contributed by atoms with Crippen molar-refractivity contribution >= 4 is 24.1 Å². The van der Waals surface area contributed by atoms with Crippen LogP contribution in [0.4, 0.5) is 9.59 Å². The predicted octanol–water partition coefficient (Wildman–Crippen LogP) is 3.88. The highest BCUT2D eigenvalue weighted by Gasteiger charge is 2.29. The van der Waals surface area contributed by atoms with Crippen LogP contribution in [-0.2, 0) is 36.8 Å². The minimum atomic E-state index is -0.976. The smallest absolute Gasteiger partial charge is 0.408 e. The molecule has 0 aliphatic rings. The first-order valence-corrected chi connectivity index (χ1v) is 12.9. The second-order valence-electron chi connectivity index (χ2n) is 9.96. The fourth-order valence-corrected chi connectivity index (χ4v) is 3.61. The number of carbonyl (C=O) groups excluding carboxylic acids is 4. The molecule has 212 valence electrons. The van der Waals surface area contributed by atoms with Gasteiger partial charge in [0.25, 0.3) is 0 Å². The molecule has 10 nitrogen and oxygen atoms in total. The van der Waals surface area contributed by atoms with Crippen LogP contribution in [0, 0.1) is 0 Å². The number of hydrogen-bond donors (Lipinski definition) is 3. The van der Waals surface area contributed by atoms with Crippen LogP contribution in [0.3, 0.4) is 0 Å². The van der Waals surface area contributed by atoms with Crippen molar-refractivity contribution in [2.45, 2.75) is 70.7 Å². The van der Waals surface area contributed by atoms with Crippen LogP contribution in [-0.4, -0.2) is 55.4 Å². The van der Waals surface area contributed by atoms with Gasteiger partial charge in [-0.05, 0) is 51.2 Å². The van der Waals surface area contributed by atoms with E-state index >= 15 is 0 Å². The number of nitrogens with one attached hydrogen (secondary N) is 3. The standard InChI is InChI=1S/C29H39N3O7/c1-29(2,3)39-28(36)32-24(19-21-13-7-5-8-14-21)25(33)31-23(26(34)37-4)17-11-12-18-30-27(35)38-20-22-15-9-6-10-16-22/h5-10,13-16,23-24H,11-12,17-20H2,1-4H3,(H,30,35)(H,31,33)(H,32,36)/t23-,24+/m1/s1. The third kappa shape index (κ3) is 12.8. The van der Waals surface area contributed by atoms with Crippen molar-refractivity contribution in [2.24, 2.45) is 0 Å². The zero-order valence-corrected chi connectivity index (χ0v) is 23.0. The fraction of sp³-hybridized carbons (Fsp3) is 0.448. The fourth-order valence-electron chi connectivity index (χ4n) is 3.61. The largest absolute Gasteiger partial charge is 0.467 e. The molecule has 3 N–H and O–H groups in total. The molecule has 2 rings (SSSR count). The monoisotopic (exact) mass is 541 g/mol. The minimum Gasteiger partial charge on any atom is -0.467 e. The van der Waals surface area contributed by atoms with Crippen LogP contribution in [0.25, 0.3) is 0 Å². The molecule has 0 aliphatic carbocycles. The summed E-state index contributed by atoms with van der Waals surface area (Å²) < 4.78 is 15.4. The summed E-state index contributed by atoms with van der Waals surface area (Å²) in [5.41, 5.74) is 0.971. The zero-order chi connectivity index (χ0) is 28.7. The van der Waals surface area contributed by atoms with Crippen molar-refractivity contribution in [3.8, 4) is 0 Å². The number of ether oxygens (including phenoxy) is 3. The van der Waals surface area contributed by atoms with Crippen LogP contribution < -0.4 is 16.0 Å². The lowest BCUT2D eigenvalue weighted by Gasteiger charge is -2.25. The summed E-state index contributed by atoms with van der Waals surface area (Å²) in [6, 6.07) is 16.6. The normalized spacial score (nSPS) is 12.4. The highest BCUT2D eigenvalue weighted by atomic mass is 16.6. The van der Waals surface area contributed by atoms with Crippen LogP contribution in [0.2, 0.25) is 0 Å². The van der Waals surface area contributed by atoms with E-state index in [2.05, 4.69) is 16.0 Å². The minimum absolute atomic E-state index is 0.171. The molecule has 10 heteroatoms. The Morgan fingerprint density at radius 2 is 1.41 bits per heavy atom. The lowest BCUT2D eigenvalue weighted by molar-refractivity contribution is -0.145. The van der Waals surface area contributed by atoms with Crippen molar-refractivity contribution in [3.63, 3.8) is 0 Å². The molecule has 2 atom stereocenters. The Bertz CT molecular complexity index is 1060. The van der Waals surface area contributed by atoms with Gasteiger partial charge in [0.15, 0.2) is 0 Å². The number of rotatable bonds is 13. The Morgan fingerprint density at radius 1 is 0.795 bits per heavy atom. The average molecular weight is 542 g/mol. The van der Waals surface area contributed by atoms with E-state index in [9.17, 15) is 19.2 Å². The van der Waals surface area contributed by atoms with Gasteiger partial charge < -0.3 is 30.2 Å². The number of amides is 3. The van der Waals surface area contributed by atoms with Crippen molar-refractivity contribution in [1.29, 1.82) is 0 Å². The van der Waals surface area contributed by atoms with Gasteiger partial charge in [0.2, 0.25) is 5.91 Å². The molecule has 0 unspecified atom stereocenters. The van der Waals surface area contributed by atoms with E-state index in [1.165, 1.54) is 7.11 Å². The van der Waals surface area contributed by atoms with E-state index in [0.29, 0.717) is 19.4 Å². The van der Waals surface area contributed by atoms with Gasteiger partial charge in [-0.25, -0.2) is 14.4 Å². The number of methoxy groups -OCH3 is 1. The third-order valence-electron chi connectivity index (χ3n) is 5.49. The maximum atomic E-state index is 13.2. The Labute approximate surface area is 229 Å². The first kappa shape index (κ1) is 31.1. The molecule has 0 fully saturated rings. The Balaban J connectivity index is 1.88. The van der Waals surface area contributed by atoms with Gasteiger partial charge in [-0.3, -0.25) is 4.79 Å². The SMILES string of the molecule is COC(=O)[C@@H](CCCCNC(=O)OCc1ccccc1)NC(=O)[C@H](Cc1ccccc1)NC(=O)OC(C)(C)C. The molecule has 0 aliphatic heterocycles. The molecule has 0 spiro atoms. The second-order valence-corrected chi connectivity index (χ2v) is 9.96. The number of esters is 1. The van der Waals surface area contributed by atoms with E-state index < -0.39 is 41.7 Å². The summed E-state index contributed by atoms with van der Waals surface area (Å²) in [5.74, 6) is -1.14. The molecule has 0 bridgehead atoms. The number of benzene rings is 2. The number of carbonyl (C=O) groups is 4. The molecule has 0 aromatic heterocycles. The first-order chi connectivity index (χ1) is 18.6. The molecule has 3 amide bonds. The van der Waals surface area contributed by atoms with E-state index in [4.69, 9.17) is 14.2 Å². The zero-order valence-electron chi connectivity index (χ0n) is 23.0. The van der Waals surface area contributed by atoms with E-state index in [1.54, 1.807) is 20.8 Å². The summed E-state index contributed by atoms with van der Waals surface area (Å²) in [4.78, 5) is 49.9. The Kier molecular flexibility index (Phi) is 12.8. The Hall–Kier alpha value is -4.08. The number of hydrogen-bond acceptors (Lipinski definition) is 7. The van der Waals surface area contributed by atoms with Crippen LogP contribution in [0.15, 0.2) is 60.7 Å². The molecular weight excluding hydrogens is 502 g/mol. The number of alkyl carbamates (subject to hydrolysis) is 2. The maximum Gasteiger partial charge on any atom is 0.408 e. The van der Waals surface area contributed by atoms with E-state index in [1.807, 2.05) is 60.7 Å². The molecule has 0 heterocycles. The van der Waals surface area contributed by atoms with Crippen molar-refractivity contribution in [1.82, 2.24) is 16.0 Å². The molecule has 0 saturated heterocycles.